The van der Waals surface area contributed by atoms with E-state index in [1.54, 1.807) is 18.1 Å². The zero-order valence-corrected chi connectivity index (χ0v) is 26.2. The number of hydrogen-bond donors (Lipinski definition) is 3. The highest BCUT2D eigenvalue weighted by atomic mass is 16.3. The molecule has 224 valence electrons. The lowest BCUT2D eigenvalue weighted by atomic mass is 10.0. The molecule has 0 aliphatic carbocycles. The summed E-state index contributed by atoms with van der Waals surface area (Å²) in [6.45, 7) is 18.5. The third-order valence-electron chi connectivity index (χ3n) is 5.90. The topological polar surface area (TPSA) is 130 Å². The quantitative estimate of drug-likeness (QED) is 0.258. The molecule has 0 bridgehead atoms. The first-order valence-corrected chi connectivity index (χ1v) is 14.5. The van der Waals surface area contributed by atoms with Crippen molar-refractivity contribution < 1.29 is 10.2 Å². The number of anilines is 1. The number of hydrogen-bond acceptors (Lipinski definition) is 8. The number of rotatable bonds is 1. The SMILES string of the molecule is CC.CC.CCC.Cc1ccc2c(c1)CCN(C)CC2.Cc1ncc2c(N)n(-c3c(O)cccc3O)c(=O)nc2n1. The molecule has 2 aromatic carbocycles. The molecule has 0 atom stereocenters. The second-order valence-electron chi connectivity index (χ2n) is 9.20. The Kier molecular flexibility index (Phi) is 15.1. The van der Waals surface area contributed by atoms with E-state index < -0.39 is 5.69 Å². The summed E-state index contributed by atoms with van der Waals surface area (Å²) in [6.07, 6.45) is 5.12. The number of aromatic hydroxyl groups is 2. The molecule has 0 saturated heterocycles. The number of fused-ring (bicyclic) bond motifs is 2. The van der Waals surface area contributed by atoms with Crippen LogP contribution in [0, 0.1) is 13.8 Å². The lowest BCUT2D eigenvalue weighted by molar-refractivity contribution is 0.352. The number of phenolic OH excluding ortho intramolecular Hbond substituents is 2. The Balaban J connectivity index is 0.000000360. The third-order valence-corrected chi connectivity index (χ3v) is 5.90. The predicted molar refractivity (Wildman–Crippen MR) is 170 cm³/mol. The Hall–Kier alpha value is -3.98. The standard InChI is InChI=1S/C13H11N5O3.C12H17N.C3H8.2C2H6/c1-6-15-5-7-11(14)18(13(21)17-12(7)16-6)10-8(19)3-2-4-9(10)20;1-10-3-4-11-5-7-13(2)8-6-12(11)9-10;1-3-2;2*1-2/h2-5,19-20H,14H2,1H3;3-4,9H,5-8H2,1-2H3;3H2,1-2H3;2*1-2H3. The Morgan fingerprint density at radius 2 is 1.46 bits per heavy atom. The predicted octanol–water partition coefficient (Wildman–Crippen LogP) is 5.97. The Morgan fingerprint density at radius 1 is 0.902 bits per heavy atom. The summed E-state index contributed by atoms with van der Waals surface area (Å²) in [4.78, 5) is 26.4. The average molecular weight is 565 g/mol. The van der Waals surface area contributed by atoms with Crippen molar-refractivity contribution in [1.29, 1.82) is 0 Å². The van der Waals surface area contributed by atoms with E-state index in [1.165, 1.54) is 62.3 Å². The van der Waals surface area contributed by atoms with Gasteiger partial charge in [0.05, 0.1) is 5.39 Å². The van der Waals surface area contributed by atoms with Crippen LogP contribution in [-0.2, 0) is 12.8 Å². The first kappa shape index (κ1) is 35.0. The molecule has 4 aromatic rings. The molecule has 41 heavy (non-hydrogen) atoms. The number of aromatic nitrogens is 4. The molecule has 0 spiro atoms. The third kappa shape index (κ3) is 9.56. The van der Waals surface area contributed by atoms with E-state index in [0.717, 1.165) is 4.57 Å². The fraction of sp³-hybridized carbons (Fsp3) is 0.438. The van der Waals surface area contributed by atoms with E-state index in [-0.39, 0.29) is 28.7 Å². The molecule has 1 aliphatic heterocycles. The van der Waals surface area contributed by atoms with Gasteiger partial charge in [0.2, 0.25) is 0 Å². The Morgan fingerprint density at radius 3 is 2.05 bits per heavy atom. The van der Waals surface area contributed by atoms with Gasteiger partial charge < -0.3 is 20.8 Å². The van der Waals surface area contributed by atoms with Gasteiger partial charge in [-0.1, -0.05) is 77.8 Å². The van der Waals surface area contributed by atoms with Crippen LogP contribution < -0.4 is 11.4 Å². The number of nitrogens with zero attached hydrogens (tertiary/aromatic N) is 5. The van der Waals surface area contributed by atoms with Crippen LogP contribution in [0.1, 0.15) is 70.5 Å². The molecular formula is C32H48N6O3. The molecule has 0 fully saturated rings. The molecule has 9 heteroatoms. The summed E-state index contributed by atoms with van der Waals surface area (Å²) in [5.41, 5.74) is 9.74. The molecular weight excluding hydrogens is 516 g/mol. The van der Waals surface area contributed by atoms with Crippen LogP contribution in [0.5, 0.6) is 11.5 Å². The first-order valence-electron chi connectivity index (χ1n) is 14.5. The van der Waals surface area contributed by atoms with E-state index >= 15 is 0 Å². The lowest BCUT2D eigenvalue weighted by Gasteiger charge is -2.13. The fourth-order valence-electron chi connectivity index (χ4n) is 4.02. The number of para-hydroxylation sites is 1. The van der Waals surface area contributed by atoms with Crippen LogP contribution in [-0.4, -0.2) is 54.8 Å². The molecule has 0 radical (unpaired) electrons. The van der Waals surface area contributed by atoms with Gasteiger partial charge in [-0.3, -0.25) is 0 Å². The second-order valence-corrected chi connectivity index (χ2v) is 9.20. The first-order chi connectivity index (χ1) is 19.7. The number of nitrogen functional groups attached to an aromatic ring is 1. The van der Waals surface area contributed by atoms with Gasteiger partial charge in [0.1, 0.15) is 28.8 Å². The summed E-state index contributed by atoms with van der Waals surface area (Å²) in [7, 11) is 2.21. The normalized spacial score (nSPS) is 12.0. The van der Waals surface area contributed by atoms with Crippen LogP contribution >= 0.6 is 0 Å². The second kappa shape index (κ2) is 17.7. The van der Waals surface area contributed by atoms with Gasteiger partial charge in [0.25, 0.3) is 0 Å². The van der Waals surface area contributed by atoms with Crippen molar-refractivity contribution in [3.05, 3.63) is 75.6 Å². The van der Waals surface area contributed by atoms with Crippen LogP contribution in [0.3, 0.4) is 0 Å². The lowest BCUT2D eigenvalue weighted by Crippen LogP contribution is -2.25. The fourth-order valence-corrected chi connectivity index (χ4v) is 4.02. The van der Waals surface area contributed by atoms with Crippen LogP contribution in [0.25, 0.3) is 16.7 Å². The zero-order chi connectivity index (χ0) is 31.1. The highest BCUT2D eigenvalue weighted by Gasteiger charge is 2.17. The van der Waals surface area contributed by atoms with Crippen molar-refractivity contribution >= 4 is 16.9 Å². The minimum atomic E-state index is -0.755. The van der Waals surface area contributed by atoms with Crippen molar-refractivity contribution in [3.8, 4) is 17.2 Å². The molecule has 0 unspecified atom stereocenters. The van der Waals surface area contributed by atoms with Crippen molar-refractivity contribution in [2.24, 2.45) is 0 Å². The van der Waals surface area contributed by atoms with Crippen molar-refractivity contribution in [2.45, 2.75) is 74.7 Å². The van der Waals surface area contributed by atoms with Gasteiger partial charge in [-0.15, -0.1) is 0 Å². The van der Waals surface area contributed by atoms with Crippen molar-refractivity contribution in [3.63, 3.8) is 0 Å². The van der Waals surface area contributed by atoms with E-state index in [4.69, 9.17) is 5.73 Å². The summed E-state index contributed by atoms with van der Waals surface area (Å²) in [6, 6.07) is 11.0. The molecule has 5 rings (SSSR count). The molecule has 0 saturated carbocycles. The molecule has 0 amide bonds. The summed E-state index contributed by atoms with van der Waals surface area (Å²) >= 11 is 0. The van der Waals surface area contributed by atoms with Crippen molar-refractivity contribution in [2.75, 3.05) is 25.9 Å². The molecule has 9 nitrogen and oxygen atoms in total. The summed E-state index contributed by atoms with van der Waals surface area (Å²) in [5, 5.41) is 20.1. The van der Waals surface area contributed by atoms with E-state index in [9.17, 15) is 15.0 Å². The van der Waals surface area contributed by atoms with Crippen LogP contribution in [0.2, 0.25) is 0 Å². The minimum Gasteiger partial charge on any atom is -0.506 e. The van der Waals surface area contributed by atoms with Gasteiger partial charge >= 0.3 is 5.69 Å². The molecule has 3 heterocycles. The summed E-state index contributed by atoms with van der Waals surface area (Å²) < 4.78 is 0.922. The van der Waals surface area contributed by atoms with E-state index in [1.807, 2.05) is 27.7 Å². The highest BCUT2D eigenvalue weighted by molar-refractivity contribution is 5.85. The maximum absolute atomic E-state index is 12.2. The van der Waals surface area contributed by atoms with Gasteiger partial charge in [-0.25, -0.2) is 19.3 Å². The highest BCUT2D eigenvalue weighted by Crippen LogP contribution is 2.32. The smallest absolute Gasteiger partial charge is 0.356 e. The van der Waals surface area contributed by atoms with Gasteiger partial charge in [0.15, 0.2) is 5.65 Å². The largest absolute Gasteiger partial charge is 0.506 e. The maximum Gasteiger partial charge on any atom is 0.356 e. The Bertz CT molecular complexity index is 1420. The molecule has 1 aliphatic rings. The van der Waals surface area contributed by atoms with Gasteiger partial charge in [0, 0.05) is 19.3 Å². The van der Waals surface area contributed by atoms with Crippen LogP contribution in [0.15, 0.2) is 47.4 Å². The minimum absolute atomic E-state index is 0.0122. The number of aryl methyl sites for hydroxylation is 2. The zero-order valence-electron chi connectivity index (χ0n) is 26.2. The van der Waals surface area contributed by atoms with Gasteiger partial charge in [-0.2, -0.15) is 4.98 Å². The number of nitrogens with two attached hydrogens (primary N) is 1. The molecule has 2 aromatic heterocycles. The number of likely N-dealkylation sites (N-methyl/N-ethyl adjacent to an activating group) is 1. The van der Waals surface area contributed by atoms with E-state index in [2.05, 4.69) is 65.9 Å². The number of benzene rings is 2. The van der Waals surface area contributed by atoms with Crippen LogP contribution in [0.4, 0.5) is 5.82 Å². The number of phenols is 2. The van der Waals surface area contributed by atoms with Crippen molar-refractivity contribution in [1.82, 2.24) is 24.4 Å². The molecule has 4 N–H and O–H groups in total. The average Bonchev–Trinajstić information content (AvgIpc) is 3.14. The monoisotopic (exact) mass is 564 g/mol. The van der Waals surface area contributed by atoms with Gasteiger partial charge in [-0.05, 0) is 57.0 Å². The summed E-state index contributed by atoms with van der Waals surface area (Å²) in [5.74, 6) is -0.144. The van der Waals surface area contributed by atoms with E-state index in [0.29, 0.717) is 11.2 Å². The maximum atomic E-state index is 12.2. The Labute approximate surface area is 244 Å².